The number of nitrogens with one attached hydrogen (secondary N) is 2. The molecule has 2 heterocycles. The molecule has 1 fully saturated rings. The zero-order valence-corrected chi connectivity index (χ0v) is 24.0. The Hall–Kier alpha value is -3.76. The molecule has 8 nitrogen and oxygen atoms in total. The van der Waals surface area contributed by atoms with Gasteiger partial charge in [-0.25, -0.2) is 12.8 Å². The van der Waals surface area contributed by atoms with Crippen LogP contribution < -0.4 is 15.4 Å². The molecule has 0 unspecified atom stereocenters. The molecule has 41 heavy (non-hydrogen) atoms. The zero-order valence-electron chi connectivity index (χ0n) is 23.2. The summed E-state index contributed by atoms with van der Waals surface area (Å²) in [6.07, 6.45) is 1.10. The van der Waals surface area contributed by atoms with Crippen molar-refractivity contribution in [1.29, 1.82) is 0 Å². The molecular formula is C31H34FN3O5S. The Morgan fingerprint density at radius 2 is 1.83 bits per heavy atom. The number of hydrogen-bond acceptors (Lipinski definition) is 6. The van der Waals surface area contributed by atoms with Crippen LogP contribution in [-0.2, 0) is 22.8 Å². The van der Waals surface area contributed by atoms with E-state index >= 15 is 4.39 Å². The van der Waals surface area contributed by atoms with Gasteiger partial charge in [-0.05, 0) is 66.9 Å². The SMILES string of the molecule is CCc1c(C(=O)N2CCOc3ccc(-c4ccc(C(=O)N[C@@H]5CCNC5)cc4)cc3C2)ccc(S(=O)(=O)CC)c1F. The average Bonchev–Trinajstić information content (AvgIpc) is 3.40. The maximum Gasteiger partial charge on any atom is 0.254 e. The fourth-order valence-corrected chi connectivity index (χ4v) is 6.30. The van der Waals surface area contributed by atoms with Gasteiger partial charge in [-0.1, -0.05) is 32.0 Å². The Labute approximate surface area is 239 Å². The first-order chi connectivity index (χ1) is 19.7. The minimum atomic E-state index is -3.76. The highest BCUT2D eigenvalue weighted by atomic mass is 32.2. The maximum absolute atomic E-state index is 15.3. The van der Waals surface area contributed by atoms with E-state index in [1.165, 1.54) is 19.1 Å². The smallest absolute Gasteiger partial charge is 0.254 e. The number of ether oxygens (including phenoxy) is 1. The topological polar surface area (TPSA) is 105 Å². The predicted octanol–water partition coefficient (Wildman–Crippen LogP) is 3.98. The standard InChI is InChI=1S/C31H34FN3O5S/c1-3-25-26(10-12-28(29(25)32)41(38,39)4-2)31(37)35-15-16-40-27-11-9-22(17-23(27)19-35)20-5-7-21(8-6-20)30(36)34-24-13-14-33-18-24/h5-12,17,24,33H,3-4,13-16,18-19H2,1-2H3,(H,34,36)/t24-/m1/s1. The number of carbonyl (C=O) groups is 2. The summed E-state index contributed by atoms with van der Waals surface area (Å²) < 4.78 is 45.9. The van der Waals surface area contributed by atoms with Gasteiger partial charge in [-0.3, -0.25) is 9.59 Å². The van der Waals surface area contributed by atoms with E-state index in [1.807, 2.05) is 30.3 Å². The van der Waals surface area contributed by atoms with Gasteiger partial charge in [0.1, 0.15) is 23.1 Å². The molecule has 2 aliphatic rings. The number of amides is 2. The van der Waals surface area contributed by atoms with Crippen LogP contribution in [-0.4, -0.2) is 63.2 Å². The van der Waals surface area contributed by atoms with E-state index in [0.717, 1.165) is 36.2 Å². The minimum absolute atomic E-state index is 0.0944. The number of nitrogens with zero attached hydrogens (tertiary/aromatic N) is 1. The van der Waals surface area contributed by atoms with Gasteiger partial charge in [-0.15, -0.1) is 0 Å². The lowest BCUT2D eigenvalue weighted by Gasteiger charge is -2.22. The van der Waals surface area contributed by atoms with Gasteiger partial charge < -0.3 is 20.3 Å². The van der Waals surface area contributed by atoms with E-state index in [0.29, 0.717) is 17.9 Å². The number of fused-ring (bicyclic) bond motifs is 1. The average molecular weight is 580 g/mol. The largest absolute Gasteiger partial charge is 0.491 e. The van der Waals surface area contributed by atoms with Crippen LogP contribution in [0.15, 0.2) is 59.5 Å². The molecule has 1 saturated heterocycles. The van der Waals surface area contributed by atoms with Crippen molar-refractivity contribution in [2.75, 3.05) is 32.0 Å². The fraction of sp³-hybridized carbons (Fsp3) is 0.355. The van der Waals surface area contributed by atoms with Crippen LogP contribution in [0.5, 0.6) is 5.75 Å². The van der Waals surface area contributed by atoms with Crippen molar-refractivity contribution in [2.24, 2.45) is 0 Å². The first-order valence-electron chi connectivity index (χ1n) is 13.9. The summed E-state index contributed by atoms with van der Waals surface area (Å²) in [5, 5.41) is 6.29. The molecule has 0 aliphatic carbocycles. The van der Waals surface area contributed by atoms with E-state index in [4.69, 9.17) is 4.74 Å². The summed E-state index contributed by atoms with van der Waals surface area (Å²) in [7, 11) is -3.76. The van der Waals surface area contributed by atoms with Crippen LogP contribution in [0.1, 0.15) is 52.1 Å². The Morgan fingerprint density at radius 1 is 1.07 bits per heavy atom. The van der Waals surface area contributed by atoms with Crippen molar-refractivity contribution < 1.29 is 27.1 Å². The highest BCUT2D eigenvalue weighted by Crippen LogP contribution is 2.31. The molecular weight excluding hydrogens is 545 g/mol. The highest BCUT2D eigenvalue weighted by molar-refractivity contribution is 7.91. The van der Waals surface area contributed by atoms with Crippen molar-refractivity contribution >= 4 is 21.7 Å². The minimum Gasteiger partial charge on any atom is -0.491 e. The Bertz CT molecular complexity index is 1570. The Morgan fingerprint density at radius 3 is 2.51 bits per heavy atom. The van der Waals surface area contributed by atoms with Crippen molar-refractivity contribution in [3.05, 3.63) is 82.7 Å². The van der Waals surface area contributed by atoms with Crippen LogP contribution >= 0.6 is 0 Å². The van der Waals surface area contributed by atoms with E-state index < -0.39 is 15.7 Å². The van der Waals surface area contributed by atoms with Gasteiger partial charge in [0.05, 0.1) is 12.3 Å². The lowest BCUT2D eigenvalue weighted by atomic mass is 10.00. The monoisotopic (exact) mass is 579 g/mol. The van der Waals surface area contributed by atoms with Crippen molar-refractivity contribution in [2.45, 2.75) is 44.2 Å². The van der Waals surface area contributed by atoms with Gasteiger partial charge in [0.25, 0.3) is 11.8 Å². The molecule has 10 heteroatoms. The van der Waals surface area contributed by atoms with Gasteiger partial charge >= 0.3 is 0 Å². The van der Waals surface area contributed by atoms with E-state index in [1.54, 1.807) is 24.0 Å². The zero-order chi connectivity index (χ0) is 29.1. The Kier molecular flexibility index (Phi) is 8.42. The quantitative estimate of drug-likeness (QED) is 0.439. The molecule has 0 radical (unpaired) electrons. The first kappa shape index (κ1) is 28.8. The summed E-state index contributed by atoms with van der Waals surface area (Å²) in [5.41, 5.74) is 3.46. The van der Waals surface area contributed by atoms with Gasteiger partial charge in [0, 0.05) is 41.4 Å². The second-order valence-corrected chi connectivity index (χ2v) is 12.5. The summed E-state index contributed by atoms with van der Waals surface area (Å²) in [5.74, 6) is -0.895. The molecule has 2 aliphatic heterocycles. The van der Waals surface area contributed by atoms with Gasteiger partial charge in [0.15, 0.2) is 9.84 Å². The lowest BCUT2D eigenvalue weighted by Crippen LogP contribution is -2.36. The van der Waals surface area contributed by atoms with Crippen LogP contribution in [0.4, 0.5) is 4.39 Å². The molecule has 3 aromatic carbocycles. The Balaban J connectivity index is 1.37. The molecule has 0 spiro atoms. The summed E-state index contributed by atoms with van der Waals surface area (Å²) >= 11 is 0. The van der Waals surface area contributed by atoms with Crippen molar-refractivity contribution in [3.8, 4) is 16.9 Å². The lowest BCUT2D eigenvalue weighted by molar-refractivity contribution is 0.0731. The molecule has 216 valence electrons. The third-order valence-electron chi connectivity index (χ3n) is 7.71. The van der Waals surface area contributed by atoms with E-state index in [9.17, 15) is 18.0 Å². The number of hydrogen-bond donors (Lipinski definition) is 2. The molecule has 2 amide bonds. The molecule has 0 saturated carbocycles. The normalized spacial score (nSPS) is 17.0. The fourth-order valence-electron chi connectivity index (χ4n) is 5.32. The van der Waals surface area contributed by atoms with Gasteiger partial charge in [0.2, 0.25) is 0 Å². The van der Waals surface area contributed by atoms with Crippen LogP contribution in [0.3, 0.4) is 0 Å². The predicted molar refractivity (Wildman–Crippen MR) is 154 cm³/mol. The number of rotatable bonds is 7. The first-order valence-corrected chi connectivity index (χ1v) is 15.6. The third kappa shape index (κ3) is 5.99. The molecule has 0 bridgehead atoms. The van der Waals surface area contributed by atoms with Crippen LogP contribution in [0.2, 0.25) is 0 Å². The highest BCUT2D eigenvalue weighted by Gasteiger charge is 2.28. The van der Waals surface area contributed by atoms with Crippen molar-refractivity contribution in [1.82, 2.24) is 15.5 Å². The molecule has 1 atom stereocenters. The number of sulfone groups is 1. The van der Waals surface area contributed by atoms with E-state index in [2.05, 4.69) is 10.6 Å². The molecule has 5 rings (SSSR count). The number of halogens is 1. The van der Waals surface area contributed by atoms with Crippen LogP contribution in [0.25, 0.3) is 11.1 Å². The second-order valence-electron chi connectivity index (χ2n) is 10.3. The van der Waals surface area contributed by atoms with Crippen LogP contribution in [0, 0.1) is 5.82 Å². The second kappa shape index (κ2) is 12.0. The summed E-state index contributed by atoms with van der Waals surface area (Å²) in [4.78, 5) is 27.4. The maximum atomic E-state index is 15.3. The molecule has 3 aromatic rings. The molecule has 2 N–H and O–H groups in total. The third-order valence-corrected chi connectivity index (χ3v) is 9.46. The van der Waals surface area contributed by atoms with Gasteiger partial charge in [-0.2, -0.15) is 0 Å². The number of carbonyl (C=O) groups excluding carboxylic acids is 2. The summed E-state index contributed by atoms with van der Waals surface area (Å²) in [6, 6.07) is 15.9. The van der Waals surface area contributed by atoms with E-state index in [-0.39, 0.29) is 59.2 Å². The molecule has 0 aromatic heterocycles. The number of benzene rings is 3. The van der Waals surface area contributed by atoms with Crippen molar-refractivity contribution in [3.63, 3.8) is 0 Å². The summed E-state index contributed by atoms with van der Waals surface area (Å²) in [6.45, 7) is 5.65.